The maximum absolute atomic E-state index is 13.5. The van der Waals surface area contributed by atoms with Crippen molar-refractivity contribution in [3.8, 4) is 5.75 Å². The lowest BCUT2D eigenvalue weighted by Crippen LogP contribution is -2.42. The third-order valence-corrected chi connectivity index (χ3v) is 10.4. The number of ether oxygens (including phenoxy) is 2. The van der Waals surface area contributed by atoms with Gasteiger partial charge in [-0.1, -0.05) is 0 Å². The normalized spacial score (nSPS) is 21.8. The predicted octanol–water partition coefficient (Wildman–Crippen LogP) is 3.63. The van der Waals surface area contributed by atoms with Crippen molar-refractivity contribution in [2.45, 2.75) is 69.7 Å². The first-order chi connectivity index (χ1) is 17.3. The highest BCUT2D eigenvalue weighted by Gasteiger charge is 2.37. The molecular weight excluding hydrogens is 514 g/mol. The highest BCUT2D eigenvalue weighted by Crippen LogP contribution is 2.32. The largest absolute Gasteiger partial charge is 0.497 e. The number of methoxy groups -OCH3 is 1. The molecule has 37 heavy (non-hydrogen) atoms. The van der Waals surface area contributed by atoms with Gasteiger partial charge < -0.3 is 19.3 Å². The summed E-state index contributed by atoms with van der Waals surface area (Å²) >= 11 is 0. The minimum absolute atomic E-state index is 0. The molecule has 3 fully saturated rings. The molecule has 4 rings (SSSR count). The molecule has 3 saturated heterocycles. The van der Waals surface area contributed by atoms with Crippen molar-refractivity contribution in [2.75, 3.05) is 59.6 Å². The molecule has 8 nitrogen and oxygen atoms in total. The number of hydrogen-bond acceptors (Lipinski definition) is 6. The van der Waals surface area contributed by atoms with Crippen LogP contribution in [0.1, 0.15) is 56.1 Å². The van der Waals surface area contributed by atoms with E-state index in [1.165, 1.54) is 38.9 Å². The molecule has 0 bridgehead atoms. The Hall–Kier alpha value is -1.39. The van der Waals surface area contributed by atoms with E-state index in [1.807, 2.05) is 4.90 Å². The molecule has 3 aliphatic heterocycles. The molecular formula is C27H44ClN3O5S. The van der Waals surface area contributed by atoms with Crippen LogP contribution in [0.25, 0.3) is 0 Å². The van der Waals surface area contributed by atoms with Gasteiger partial charge in [0.15, 0.2) is 0 Å². The Morgan fingerprint density at radius 3 is 2.24 bits per heavy atom. The van der Waals surface area contributed by atoms with Gasteiger partial charge in [-0.2, -0.15) is 4.31 Å². The molecule has 1 atom stereocenters. The number of rotatable bonds is 10. The Kier molecular flexibility index (Phi) is 11.1. The van der Waals surface area contributed by atoms with Crippen molar-refractivity contribution in [1.29, 1.82) is 0 Å². The minimum atomic E-state index is -3.66. The zero-order valence-corrected chi connectivity index (χ0v) is 24.2. The summed E-state index contributed by atoms with van der Waals surface area (Å²) in [7, 11) is -2.09. The third kappa shape index (κ3) is 7.38. The number of nitrogens with zero attached hydrogens (tertiary/aromatic N) is 3. The van der Waals surface area contributed by atoms with E-state index in [0.29, 0.717) is 34.2 Å². The molecule has 1 aromatic rings. The lowest BCUT2D eigenvalue weighted by molar-refractivity contribution is -0.137. The maximum Gasteiger partial charge on any atom is 0.248 e. The van der Waals surface area contributed by atoms with Gasteiger partial charge in [0.05, 0.1) is 18.6 Å². The van der Waals surface area contributed by atoms with Crippen LogP contribution in [0.3, 0.4) is 0 Å². The highest BCUT2D eigenvalue weighted by atomic mass is 35.5. The topological polar surface area (TPSA) is 79.4 Å². The highest BCUT2D eigenvalue weighted by molar-refractivity contribution is 7.89. The fraction of sp³-hybridized carbons (Fsp3) is 0.741. The minimum Gasteiger partial charge on any atom is -0.497 e. The van der Waals surface area contributed by atoms with Crippen LogP contribution in [0.2, 0.25) is 0 Å². The second-order valence-electron chi connectivity index (χ2n) is 10.7. The molecule has 0 spiro atoms. The number of amides is 1. The van der Waals surface area contributed by atoms with Gasteiger partial charge >= 0.3 is 0 Å². The summed E-state index contributed by atoms with van der Waals surface area (Å²) in [5.74, 6) is 1.37. The average Bonchev–Trinajstić information content (AvgIpc) is 3.55. The van der Waals surface area contributed by atoms with E-state index in [1.54, 1.807) is 37.4 Å². The summed E-state index contributed by atoms with van der Waals surface area (Å²) in [5, 5.41) is 0. The zero-order valence-electron chi connectivity index (χ0n) is 22.6. The molecule has 0 aliphatic carbocycles. The number of carbonyl (C=O) groups excluding carboxylic acids is 1. The van der Waals surface area contributed by atoms with Crippen LogP contribution in [-0.4, -0.2) is 94.1 Å². The molecule has 210 valence electrons. The van der Waals surface area contributed by atoms with Gasteiger partial charge in [-0.25, -0.2) is 8.42 Å². The Morgan fingerprint density at radius 2 is 1.62 bits per heavy atom. The summed E-state index contributed by atoms with van der Waals surface area (Å²) < 4.78 is 39.8. The van der Waals surface area contributed by atoms with Crippen molar-refractivity contribution >= 4 is 28.3 Å². The molecule has 3 aliphatic rings. The van der Waals surface area contributed by atoms with Gasteiger partial charge in [0.25, 0.3) is 0 Å². The van der Waals surface area contributed by atoms with Crippen molar-refractivity contribution in [3.63, 3.8) is 0 Å². The van der Waals surface area contributed by atoms with E-state index in [-0.39, 0.29) is 37.6 Å². The standard InChI is InChI=1S/C27H43N3O5S.ClH/c1-21-17-25(34-3)18-22(2)27(21)36(32,33)30-13-6-7-24(30)19-35-20-26(31)29-15-9-23(10-16-29)8-14-28-11-4-5-12-28;/h17-18,23-24H,4-16,19-20H2,1-3H3;1H/t24-;/m0./s1. The van der Waals surface area contributed by atoms with Crippen molar-refractivity contribution in [1.82, 2.24) is 14.1 Å². The van der Waals surface area contributed by atoms with Gasteiger partial charge in [0, 0.05) is 25.7 Å². The predicted molar refractivity (Wildman–Crippen MR) is 147 cm³/mol. The molecule has 0 N–H and O–H groups in total. The summed E-state index contributed by atoms with van der Waals surface area (Å²) in [4.78, 5) is 17.6. The second kappa shape index (κ2) is 13.6. The number of sulfonamides is 1. The number of hydrogen-bond donors (Lipinski definition) is 0. The number of likely N-dealkylation sites (tertiary alicyclic amines) is 2. The zero-order chi connectivity index (χ0) is 25.7. The van der Waals surface area contributed by atoms with Crippen molar-refractivity contribution < 1.29 is 22.7 Å². The van der Waals surface area contributed by atoms with Crippen LogP contribution in [0.15, 0.2) is 17.0 Å². The SMILES string of the molecule is COc1cc(C)c(S(=O)(=O)N2CCC[C@H]2COCC(=O)N2CCC(CCN3CCCC3)CC2)c(C)c1.Cl. The molecule has 0 radical (unpaired) electrons. The van der Waals surface area contributed by atoms with Gasteiger partial charge in [0.2, 0.25) is 15.9 Å². The number of aryl methyl sites for hydroxylation is 2. The quantitative estimate of drug-likeness (QED) is 0.437. The fourth-order valence-electron chi connectivity index (χ4n) is 6.06. The summed E-state index contributed by atoms with van der Waals surface area (Å²) in [5.41, 5.74) is 1.36. The molecule has 0 unspecified atom stereocenters. The summed E-state index contributed by atoms with van der Waals surface area (Å²) in [6.07, 6.45) is 7.56. The van der Waals surface area contributed by atoms with Crippen molar-refractivity contribution in [2.24, 2.45) is 5.92 Å². The first-order valence-corrected chi connectivity index (χ1v) is 15.0. The van der Waals surface area contributed by atoms with Crippen LogP contribution < -0.4 is 4.74 Å². The Labute approximate surface area is 229 Å². The summed E-state index contributed by atoms with van der Waals surface area (Å²) in [6, 6.07) is 3.27. The molecule has 0 aromatic heterocycles. The molecule has 1 amide bonds. The Balaban J connectivity index is 0.00000380. The molecule has 1 aromatic carbocycles. The number of piperidine rings is 1. The second-order valence-corrected chi connectivity index (χ2v) is 12.5. The number of benzene rings is 1. The van der Waals surface area contributed by atoms with Crippen LogP contribution >= 0.6 is 12.4 Å². The average molecular weight is 558 g/mol. The first kappa shape index (κ1) is 30.2. The Morgan fingerprint density at radius 1 is 0.973 bits per heavy atom. The van der Waals surface area contributed by atoms with Gasteiger partial charge in [0.1, 0.15) is 12.4 Å². The lowest BCUT2D eigenvalue weighted by Gasteiger charge is -2.33. The van der Waals surface area contributed by atoms with E-state index in [0.717, 1.165) is 38.8 Å². The van der Waals surface area contributed by atoms with E-state index in [9.17, 15) is 13.2 Å². The monoisotopic (exact) mass is 557 g/mol. The molecule has 10 heteroatoms. The van der Waals surface area contributed by atoms with E-state index in [2.05, 4.69) is 4.90 Å². The smallest absolute Gasteiger partial charge is 0.248 e. The van der Waals surface area contributed by atoms with Crippen LogP contribution in [0.5, 0.6) is 5.75 Å². The van der Waals surface area contributed by atoms with Gasteiger partial charge in [-0.05, 0) is 108 Å². The van der Waals surface area contributed by atoms with E-state index in [4.69, 9.17) is 9.47 Å². The van der Waals surface area contributed by atoms with Gasteiger partial charge in [-0.15, -0.1) is 12.4 Å². The van der Waals surface area contributed by atoms with Crippen molar-refractivity contribution in [3.05, 3.63) is 23.3 Å². The van der Waals surface area contributed by atoms with E-state index >= 15 is 0 Å². The summed E-state index contributed by atoms with van der Waals surface area (Å²) in [6.45, 7) is 9.62. The van der Waals surface area contributed by atoms with Crippen LogP contribution in [-0.2, 0) is 19.6 Å². The fourth-order valence-corrected chi connectivity index (χ4v) is 8.16. The van der Waals surface area contributed by atoms with Crippen LogP contribution in [0, 0.1) is 19.8 Å². The third-order valence-electron chi connectivity index (χ3n) is 8.11. The van der Waals surface area contributed by atoms with Gasteiger partial charge in [-0.3, -0.25) is 4.79 Å². The number of halogens is 1. The molecule has 3 heterocycles. The number of carbonyl (C=O) groups is 1. The maximum atomic E-state index is 13.5. The Bertz CT molecular complexity index is 984. The first-order valence-electron chi connectivity index (χ1n) is 13.5. The van der Waals surface area contributed by atoms with Crippen LogP contribution in [0.4, 0.5) is 0 Å². The lowest BCUT2D eigenvalue weighted by atomic mass is 9.93. The van der Waals surface area contributed by atoms with E-state index < -0.39 is 10.0 Å². The molecule has 0 saturated carbocycles.